The summed E-state index contributed by atoms with van der Waals surface area (Å²) in [7, 11) is 0. The Bertz CT molecular complexity index is 1060. The molecule has 0 N–H and O–H groups in total. The molecule has 0 radical (unpaired) electrons. The van der Waals surface area contributed by atoms with Crippen LogP contribution in [0.4, 0.5) is 10.1 Å². The molecule has 0 aliphatic carbocycles. The van der Waals surface area contributed by atoms with Crippen LogP contribution in [0.2, 0.25) is 0 Å². The molecule has 0 atom stereocenters. The Morgan fingerprint density at radius 2 is 1.68 bits per heavy atom. The van der Waals surface area contributed by atoms with Gasteiger partial charge in [0.05, 0.1) is 0 Å². The third-order valence-electron chi connectivity index (χ3n) is 5.39. The van der Waals surface area contributed by atoms with Gasteiger partial charge in [0.25, 0.3) is 0 Å². The highest BCUT2D eigenvalue weighted by atomic mass is 19.1. The molecule has 0 spiro atoms. The first-order valence-corrected chi connectivity index (χ1v) is 10.2. The maximum Gasteiger partial charge on any atom is 0.227 e. The van der Waals surface area contributed by atoms with E-state index in [4.69, 9.17) is 4.52 Å². The number of anilines is 1. The Labute approximate surface area is 179 Å². The van der Waals surface area contributed by atoms with Gasteiger partial charge in [0.1, 0.15) is 5.82 Å². The van der Waals surface area contributed by atoms with Crippen LogP contribution in [0.25, 0.3) is 11.4 Å². The average molecular weight is 422 g/mol. The second kappa shape index (κ2) is 9.07. The SMILES string of the molecule is CC(=O)c1ccc(N2CCN(C(=O)CCc3nc(-c4ccc(F)cc4)no3)CC2)cc1. The zero-order valence-corrected chi connectivity index (χ0v) is 17.3. The summed E-state index contributed by atoms with van der Waals surface area (Å²) < 4.78 is 18.3. The number of hydrogen-bond acceptors (Lipinski definition) is 6. The van der Waals surface area contributed by atoms with Crippen molar-refractivity contribution in [1.82, 2.24) is 15.0 Å². The number of ketones is 1. The van der Waals surface area contributed by atoms with Crippen LogP contribution in [0.15, 0.2) is 53.1 Å². The fraction of sp³-hybridized carbons (Fsp3) is 0.304. The molecule has 31 heavy (non-hydrogen) atoms. The number of benzene rings is 2. The lowest BCUT2D eigenvalue weighted by Gasteiger charge is -2.36. The molecular formula is C23H23FN4O3. The second-order valence-corrected chi connectivity index (χ2v) is 7.49. The maximum absolute atomic E-state index is 13.0. The molecule has 2 heterocycles. The molecule has 8 heteroatoms. The molecule has 1 saturated heterocycles. The molecule has 0 unspecified atom stereocenters. The number of halogens is 1. The number of aromatic nitrogens is 2. The second-order valence-electron chi connectivity index (χ2n) is 7.49. The quantitative estimate of drug-likeness (QED) is 0.567. The number of aryl methyl sites for hydroxylation is 1. The van der Waals surface area contributed by atoms with Gasteiger partial charge in [-0.05, 0) is 55.5 Å². The molecule has 1 fully saturated rings. The van der Waals surface area contributed by atoms with Crippen LogP contribution in [0.1, 0.15) is 29.6 Å². The minimum Gasteiger partial charge on any atom is -0.368 e. The van der Waals surface area contributed by atoms with Crippen LogP contribution < -0.4 is 4.90 Å². The summed E-state index contributed by atoms with van der Waals surface area (Å²) in [6, 6.07) is 13.4. The molecule has 2 aromatic carbocycles. The van der Waals surface area contributed by atoms with Gasteiger partial charge in [-0.3, -0.25) is 9.59 Å². The van der Waals surface area contributed by atoms with E-state index in [1.165, 1.54) is 12.1 Å². The number of amides is 1. The number of hydrogen-bond donors (Lipinski definition) is 0. The fourth-order valence-corrected chi connectivity index (χ4v) is 3.57. The number of carbonyl (C=O) groups excluding carboxylic acids is 2. The predicted molar refractivity (Wildman–Crippen MR) is 113 cm³/mol. The lowest BCUT2D eigenvalue weighted by molar-refractivity contribution is -0.131. The molecule has 1 aromatic heterocycles. The smallest absolute Gasteiger partial charge is 0.227 e. The van der Waals surface area contributed by atoms with Crippen molar-refractivity contribution in [3.63, 3.8) is 0 Å². The van der Waals surface area contributed by atoms with E-state index in [-0.39, 0.29) is 17.5 Å². The summed E-state index contributed by atoms with van der Waals surface area (Å²) in [6.07, 6.45) is 0.651. The number of Topliss-reactive ketones (excluding diaryl/α,β-unsaturated/α-hetero) is 1. The van der Waals surface area contributed by atoms with Crippen molar-refractivity contribution in [2.24, 2.45) is 0 Å². The highest BCUT2D eigenvalue weighted by Crippen LogP contribution is 2.19. The van der Waals surface area contributed by atoms with Gasteiger partial charge in [-0.15, -0.1) is 0 Å². The van der Waals surface area contributed by atoms with Crippen molar-refractivity contribution >= 4 is 17.4 Å². The van der Waals surface area contributed by atoms with Gasteiger partial charge in [-0.1, -0.05) is 5.16 Å². The van der Waals surface area contributed by atoms with Gasteiger partial charge in [-0.25, -0.2) is 4.39 Å². The van der Waals surface area contributed by atoms with Gasteiger partial charge in [-0.2, -0.15) is 4.98 Å². The molecule has 0 bridgehead atoms. The highest BCUT2D eigenvalue weighted by Gasteiger charge is 2.22. The number of rotatable bonds is 6. The molecule has 160 valence electrons. The molecule has 3 aromatic rings. The summed E-state index contributed by atoms with van der Waals surface area (Å²) in [4.78, 5) is 32.4. The van der Waals surface area contributed by atoms with Gasteiger partial charge < -0.3 is 14.3 Å². The number of carbonyl (C=O) groups is 2. The van der Waals surface area contributed by atoms with E-state index in [0.29, 0.717) is 48.8 Å². The van der Waals surface area contributed by atoms with Crippen LogP contribution in [-0.4, -0.2) is 52.9 Å². The zero-order chi connectivity index (χ0) is 21.8. The van der Waals surface area contributed by atoms with E-state index < -0.39 is 0 Å². The first-order chi connectivity index (χ1) is 15.0. The standard InChI is InChI=1S/C23H23FN4O3/c1-16(29)17-4-8-20(9-5-17)27-12-14-28(15-13-27)22(30)11-10-21-25-23(26-31-21)18-2-6-19(24)7-3-18/h2-9H,10-15H2,1H3. The highest BCUT2D eigenvalue weighted by molar-refractivity contribution is 5.94. The van der Waals surface area contributed by atoms with E-state index in [0.717, 1.165) is 18.8 Å². The van der Waals surface area contributed by atoms with Crippen molar-refractivity contribution in [3.05, 3.63) is 65.8 Å². The minimum absolute atomic E-state index is 0.0491. The van der Waals surface area contributed by atoms with Gasteiger partial charge in [0, 0.05) is 55.8 Å². The van der Waals surface area contributed by atoms with E-state index in [1.54, 1.807) is 19.1 Å². The van der Waals surface area contributed by atoms with Gasteiger partial charge >= 0.3 is 0 Å². The first kappa shape index (κ1) is 20.7. The summed E-state index contributed by atoms with van der Waals surface area (Å²) in [5, 5.41) is 3.91. The van der Waals surface area contributed by atoms with Crippen molar-refractivity contribution < 1.29 is 18.5 Å². The monoisotopic (exact) mass is 422 g/mol. The van der Waals surface area contributed by atoms with Crippen LogP contribution in [-0.2, 0) is 11.2 Å². The lowest BCUT2D eigenvalue weighted by Crippen LogP contribution is -2.48. The third kappa shape index (κ3) is 4.96. The molecule has 1 amide bonds. The number of piperazine rings is 1. The number of nitrogens with zero attached hydrogens (tertiary/aromatic N) is 4. The Morgan fingerprint density at radius 3 is 2.32 bits per heavy atom. The van der Waals surface area contributed by atoms with Crippen molar-refractivity contribution in [3.8, 4) is 11.4 Å². The van der Waals surface area contributed by atoms with E-state index in [2.05, 4.69) is 15.0 Å². The largest absolute Gasteiger partial charge is 0.368 e. The Balaban J connectivity index is 1.27. The van der Waals surface area contributed by atoms with Gasteiger partial charge in [0.15, 0.2) is 5.78 Å². The van der Waals surface area contributed by atoms with Crippen LogP contribution >= 0.6 is 0 Å². The van der Waals surface area contributed by atoms with Crippen LogP contribution in [0, 0.1) is 5.82 Å². The molecule has 4 rings (SSSR count). The molecule has 7 nitrogen and oxygen atoms in total. The average Bonchev–Trinajstić information content (AvgIpc) is 3.27. The van der Waals surface area contributed by atoms with Crippen LogP contribution in [0.3, 0.4) is 0 Å². The van der Waals surface area contributed by atoms with Crippen molar-refractivity contribution in [1.29, 1.82) is 0 Å². The summed E-state index contributed by atoms with van der Waals surface area (Å²) in [5.41, 5.74) is 2.41. The maximum atomic E-state index is 13.0. The van der Waals surface area contributed by atoms with Gasteiger partial charge in [0.2, 0.25) is 17.6 Å². The lowest BCUT2D eigenvalue weighted by atomic mass is 10.1. The summed E-state index contributed by atoms with van der Waals surface area (Å²) >= 11 is 0. The molecule has 1 aliphatic rings. The zero-order valence-electron chi connectivity index (χ0n) is 17.3. The van der Waals surface area contributed by atoms with Crippen molar-refractivity contribution in [2.45, 2.75) is 19.8 Å². The Kier molecular flexibility index (Phi) is 6.06. The molecular weight excluding hydrogens is 399 g/mol. The van der Waals surface area contributed by atoms with E-state index >= 15 is 0 Å². The topological polar surface area (TPSA) is 79.5 Å². The normalized spacial score (nSPS) is 14.0. The Morgan fingerprint density at radius 1 is 1.00 bits per heavy atom. The van der Waals surface area contributed by atoms with E-state index in [1.807, 2.05) is 29.2 Å². The van der Waals surface area contributed by atoms with E-state index in [9.17, 15) is 14.0 Å². The van der Waals surface area contributed by atoms with Crippen LogP contribution in [0.5, 0.6) is 0 Å². The minimum atomic E-state index is -0.328. The molecule has 0 saturated carbocycles. The summed E-state index contributed by atoms with van der Waals surface area (Å²) in [5.74, 6) is 0.538. The third-order valence-corrected chi connectivity index (χ3v) is 5.39. The molecule has 1 aliphatic heterocycles. The summed E-state index contributed by atoms with van der Waals surface area (Å²) in [6.45, 7) is 4.30. The Hall–Kier alpha value is -3.55. The fourth-order valence-electron chi connectivity index (χ4n) is 3.57. The predicted octanol–water partition coefficient (Wildman–Crippen LogP) is 3.36. The first-order valence-electron chi connectivity index (χ1n) is 10.2. The van der Waals surface area contributed by atoms with Crippen molar-refractivity contribution in [2.75, 3.05) is 31.1 Å².